The van der Waals surface area contributed by atoms with Gasteiger partial charge in [-0.15, -0.1) is 0 Å². The molecule has 116 valence electrons. The van der Waals surface area contributed by atoms with Crippen LogP contribution in [-0.2, 0) is 4.79 Å². The van der Waals surface area contributed by atoms with Crippen molar-refractivity contribution in [2.24, 2.45) is 0 Å². The second kappa shape index (κ2) is 5.85. The van der Waals surface area contributed by atoms with E-state index in [9.17, 15) is 14.4 Å². The van der Waals surface area contributed by atoms with Crippen molar-refractivity contribution in [3.05, 3.63) is 63.7 Å². The molecule has 0 heterocycles. The van der Waals surface area contributed by atoms with Crippen molar-refractivity contribution in [1.82, 2.24) is 0 Å². The predicted octanol–water partition coefficient (Wildman–Crippen LogP) is 3.00. The van der Waals surface area contributed by atoms with E-state index in [0.717, 1.165) is 0 Å². The van der Waals surface area contributed by atoms with Crippen LogP contribution in [0.1, 0.15) is 38.3 Å². The van der Waals surface area contributed by atoms with Gasteiger partial charge < -0.3 is 10.4 Å². The third-order valence-corrected chi connectivity index (χ3v) is 3.99. The van der Waals surface area contributed by atoms with E-state index in [1.807, 2.05) is 0 Å². The molecule has 1 aliphatic rings. The zero-order valence-electron chi connectivity index (χ0n) is 11.9. The number of rotatable bonds is 4. The second-order valence-electron chi connectivity index (χ2n) is 5.12. The van der Waals surface area contributed by atoms with Crippen LogP contribution in [0.5, 0.6) is 0 Å². The highest BCUT2D eigenvalue weighted by molar-refractivity contribution is 6.39. The number of aliphatic carboxylic acids is 1. The molecule has 0 bridgehead atoms. The summed E-state index contributed by atoms with van der Waals surface area (Å²) in [6, 6.07) is 9.64. The molecule has 0 saturated carbocycles. The Morgan fingerprint density at radius 2 is 1.61 bits per heavy atom. The second-order valence-corrected chi connectivity index (χ2v) is 5.53. The van der Waals surface area contributed by atoms with E-state index in [1.54, 1.807) is 36.4 Å². The van der Waals surface area contributed by atoms with E-state index < -0.39 is 5.97 Å². The highest BCUT2D eigenvalue weighted by atomic mass is 35.5. The normalized spacial score (nSPS) is 12.6. The van der Waals surface area contributed by atoms with Crippen LogP contribution < -0.4 is 5.32 Å². The van der Waals surface area contributed by atoms with Crippen LogP contribution in [0.3, 0.4) is 0 Å². The van der Waals surface area contributed by atoms with Gasteiger partial charge in [0.25, 0.3) is 0 Å². The lowest BCUT2D eigenvalue weighted by molar-refractivity contribution is -0.136. The van der Waals surface area contributed by atoms with Gasteiger partial charge in [0.15, 0.2) is 11.6 Å². The van der Waals surface area contributed by atoms with Crippen molar-refractivity contribution in [2.45, 2.75) is 6.42 Å². The van der Waals surface area contributed by atoms with Gasteiger partial charge in [-0.2, -0.15) is 0 Å². The van der Waals surface area contributed by atoms with Gasteiger partial charge in [0, 0.05) is 23.4 Å². The van der Waals surface area contributed by atoms with Crippen LogP contribution in [0.25, 0.3) is 0 Å². The van der Waals surface area contributed by atoms with Gasteiger partial charge in [0.05, 0.1) is 22.6 Å². The number of carbonyl (C=O) groups excluding carboxylic acids is 2. The number of halogens is 1. The first-order chi connectivity index (χ1) is 11.0. The van der Waals surface area contributed by atoms with Gasteiger partial charge in [0.1, 0.15) is 0 Å². The number of benzene rings is 2. The number of anilines is 1. The summed E-state index contributed by atoms with van der Waals surface area (Å²) in [7, 11) is 0. The average Bonchev–Trinajstić information content (AvgIpc) is 2.52. The largest absolute Gasteiger partial charge is 0.481 e. The number of fused-ring (bicyclic) bond motifs is 2. The summed E-state index contributed by atoms with van der Waals surface area (Å²) in [4.78, 5) is 36.0. The fraction of sp³-hybridized carbons (Fsp3) is 0.118. The molecule has 1 aliphatic carbocycles. The maximum absolute atomic E-state index is 12.8. The Balaban J connectivity index is 2.07. The first kappa shape index (κ1) is 15.2. The molecule has 0 unspecified atom stereocenters. The fourth-order valence-corrected chi connectivity index (χ4v) is 2.91. The first-order valence-electron chi connectivity index (χ1n) is 6.97. The van der Waals surface area contributed by atoms with Crippen LogP contribution in [0.2, 0.25) is 5.02 Å². The standard InChI is InChI=1S/C17H12ClNO4/c18-11-5-1-3-9-14(11)16(22)10-4-2-6-12(15(10)17(9)23)19-8-7-13(20)21/h1-6,19H,7-8H2,(H,20,21). The molecular weight excluding hydrogens is 318 g/mol. The van der Waals surface area contributed by atoms with E-state index >= 15 is 0 Å². The van der Waals surface area contributed by atoms with Crippen molar-refractivity contribution in [2.75, 3.05) is 11.9 Å². The highest BCUT2D eigenvalue weighted by Gasteiger charge is 2.32. The molecule has 0 fully saturated rings. The average molecular weight is 330 g/mol. The minimum atomic E-state index is -0.943. The Bertz CT molecular complexity index is 844. The fourth-order valence-electron chi connectivity index (χ4n) is 2.65. The third kappa shape index (κ3) is 2.59. The minimum Gasteiger partial charge on any atom is -0.481 e. The Morgan fingerprint density at radius 3 is 2.30 bits per heavy atom. The summed E-state index contributed by atoms with van der Waals surface area (Å²) in [6.07, 6.45) is -0.0891. The van der Waals surface area contributed by atoms with Gasteiger partial charge in [-0.25, -0.2) is 0 Å². The summed E-state index contributed by atoms with van der Waals surface area (Å²) < 4.78 is 0. The van der Waals surface area contributed by atoms with Gasteiger partial charge in [-0.05, 0) is 12.1 Å². The maximum atomic E-state index is 12.8. The number of hydrogen-bond acceptors (Lipinski definition) is 4. The minimum absolute atomic E-state index is 0.0891. The summed E-state index contributed by atoms with van der Waals surface area (Å²) >= 11 is 6.07. The Hall–Kier alpha value is -2.66. The Labute approximate surface area is 136 Å². The summed E-state index contributed by atoms with van der Waals surface area (Å²) in [5, 5.41) is 11.9. The van der Waals surface area contributed by atoms with Crippen molar-refractivity contribution in [3.63, 3.8) is 0 Å². The van der Waals surface area contributed by atoms with Gasteiger partial charge >= 0.3 is 5.97 Å². The van der Waals surface area contributed by atoms with E-state index in [4.69, 9.17) is 16.7 Å². The molecule has 6 heteroatoms. The molecule has 0 amide bonds. The molecule has 23 heavy (non-hydrogen) atoms. The maximum Gasteiger partial charge on any atom is 0.305 e. The van der Waals surface area contributed by atoms with Crippen molar-refractivity contribution in [3.8, 4) is 0 Å². The van der Waals surface area contributed by atoms with Crippen molar-refractivity contribution < 1.29 is 19.5 Å². The zero-order valence-corrected chi connectivity index (χ0v) is 12.7. The van der Waals surface area contributed by atoms with E-state index in [-0.39, 0.29) is 51.8 Å². The van der Waals surface area contributed by atoms with E-state index in [0.29, 0.717) is 5.69 Å². The molecular formula is C17H12ClNO4. The molecule has 0 radical (unpaired) electrons. The quantitative estimate of drug-likeness (QED) is 0.768. The summed E-state index contributed by atoms with van der Waals surface area (Å²) in [6.45, 7) is 0.162. The van der Waals surface area contributed by atoms with E-state index in [1.165, 1.54) is 0 Å². The monoisotopic (exact) mass is 329 g/mol. The Morgan fingerprint density at radius 1 is 1.00 bits per heavy atom. The smallest absolute Gasteiger partial charge is 0.305 e. The molecule has 2 N–H and O–H groups in total. The molecule has 0 atom stereocenters. The lowest BCUT2D eigenvalue weighted by Gasteiger charge is -2.21. The number of nitrogens with one attached hydrogen (secondary N) is 1. The molecule has 5 nitrogen and oxygen atoms in total. The van der Waals surface area contributed by atoms with Crippen LogP contribution in [0.4, 0.5) is 5.69 Å². The zero-order chi connectivity index (χ0) is 16.6. The van der Waals surface area contributed by atoms with Crippen LogP contribution >= 0.6 is 11.6 Å². The third-order valence-electron chi connectivity index (χ3n) is 3.68. The topological polar surface area (TPSA) is 83.5 Å². The lowest BCUT2D eigenvalue weighted by Crippen LogP contribution is -2.23. The van der Waals surface area contributed by atoms with Gasteiger partial charge in [-0.3, -0.25) is 14.4 Å². The Kier molecular flexibility index (Phi) is 3.88. The molecule has 2 aromatic rings. The van der Waals surface area contributed by atoms with Crippen molar-refractivity contribution >= 4 is 34.8 Å². The molecule has 2 aromatic carbocycles. The van der Waals surface area contributed by atoms with Crippen LogP contribution in [0, 0.1) is 0 Å². The molecule has 0 spiro atoms. The number of carboxylic acid groups (broad SMARTS) is 1. The first-order valence-corrected chi connectivity index (χ1v) is 7.35. The lowest BCUT2D eigenvalue weighted by atomic mass is 9.83. The van der Waals surface area contributed by atoms with Crippen LogP contribution in [-0.4, -0.2) is 29.2 Å². The summed E-state index contributed by atoms with van der Waals surface area (Å²) in [5.41, 5.74) is 1.47. The molecule has 0 saturated heterocycles. The number of carbonyl (C=O) groups is 3. The molecule has 3 rings (SSSR count). The van der Waals surface area contributed by atoms with Crippen molar-refractivity contribution in [1.29, 1.82) is 0 Å². The predicted molar refractivity (Wildman–Crippen MR) is 85.5 cm³/mol. The summed E-state index contributed by atoms with van der Waals surface area (Å²) in [5.74, 6) is -1.54. The van der Waals surface area contributed by atoms with E-state index in [2.05, 4.69) is 5.32 Å². The number of hydrogen-bond donors (Lipinski definition) is 2. The van der Waals surface area contributed by atoms with Crippen LogP contribution in [0.15, 0.2) is 36.4 Å². The molecule has 0 aromatic heterocycles. The van der Waals surface area contributed by atoms with Gasteiger partial charge in [-0.1, -0.05) is 35.9 Å². The number of carboxylic acids is 1. The molecule has 0 aliphatic heterocycles. The van der Waals surface area contributed by atoms with Gasteiger partial charge in [0.2, 0.25) is 0 Å². The number of ketones is 2. The highest BCUT2D eigenvalue weighted by Crippen LogP contribution is 2.34. The SMILES string of the molecule is O=C(O)CCNc1cccc2c1C(=O)c1cccc(Cl)c1C2=O.